The van der Waals surface area contributed by atoms with Crippen LogP contribution in [-0.4, -0.2) is 42.4 Å². The highest BCUT2D eigenvalue weighted by molar-refractivity contribution is 5.92. The summed E-state index contributed by atoms with van der Waals surface area (Å²) in [6.07, 6.45) is 10.3. The number of carbonyl (C=O) groups is 1. The second-order valence-electron chi connectivity index (χ2n) is 10.4. The first-order valence-corrected chi connectivity index (χ1v) is 10.9. The molecule has 4 fully saturated rings. The highest BCUT2D eigenvalue weighted by atomic mass is 16.6. The summed E-state index contributed by atoms with van der Waals surface area (Å²) < 4.78 is 11.3. The number of ether oxygens (including phenoxy) is 2. The van der Waals surface area contributed by atoms with Crippen LogP contribution >= 0.6 is 0 Å². The molecule has 6 unspecified atom stereocenters. The minimum atomic E-state index is -0.519. The maximum absolute atomic E-state index is 13.1. The zero-order valence-corrected chi connectivity index (χ0v) is 17.0. The quantitative estimate of drug-likeness (QED) is 0.603. The molecule has 0 radical (unpaired) electrons. The number of methoxy groups -OCH3 is 1. The zero-order valence-electron chi connectivity index (χ0n) is 17.0. The van der Waals surface area contributed by atoms with E-state index in [1.165, 1.54) is 12.0 Å². The van der Waals surface area contributed by atoms with Crippen LogP contribution in [0.5, 0.6) is 0 Å². The van der Waals surface area contributed by atoms with Crippen LogP contribution in [0.25, 0.3) is 0 Å². The fourth-order valence-corrected chi connectivity index (χ4v) is 7.94. The number of Topliss-reactive ketones (excluding diaryl/α,β-unsaturated/α-hetero) is 1. The summed E-state index contributed by atoms with van der Waals surface area (Å²) in [5, 5.41) is 10.2. The lowest BCUT2D eigenvalue weighted by atomic mass is 9.47. The van der Waals surface area contributed by atoms with Crippen LogP contribution in [-0.2, 0) is 14.3 Å². The van der Waals surface area contributed by atoms with Gasteiger partial charge in [-0.2, -0.15) is 0 Å². The average Bonchev–Trinajstić information content (AvgIpc) is 3.32. The summed E-state index contributed by atoms with van der Waals surface area (Å²) in [7, 11) is 1.66. The van der Waals surface area contributed by atoms with Crippen molar-refractivity contribution >= 4 is 5.78 Å². The Hall–Kier alpha value is -0.710. The van der Waals surface area contributed by atoms with Crippen molar-refractivity contribution in [2.75, 3.05) is 13.7 Å². The highest BCUT2D eigenvalue weighted by Gasteiger charge is 2.79. The van der Waals surface area contributed by atoms with Crippen molar-refractivity contribution in [1.29, 1.82) is 0 Å². The largest absolute Gasteiger partial charge is 0.393 e. The van der Waals surface area contributed by atoms with Gasteiger partial charge < -0.3 is 14.6 Å². The topological polar surface area (TPSA) is 59.1 Å². The number of hydrogen-bond donors (Lipinski definition) is 1. The third-order valence-electron chi connectivity index (χ3n) is 9.46. The number of epoxide rings is 1. The van der Waals surface area contributed by atoms with Gasteiger partial charge >= 0.3 is 0 Å². The Balaban J connectivity index is 1.44. The van der Waals surface area contributed by atoms with Gasteiger partial charge in [-0.1, -0.05) is 25.5 Å². The molecule has 0 aromatic heterocycles. The van der Waals surface area contributed by atoms with Crippen molar-refractivity contribution in [3.05, 3.63) is 11.6 Å². The van der Waals surface area contributed by atoms with Gasteiger partial charge in [0.25, 0.3) is 0 Å². The van der Waals surface area contributed by atoms with E-state index in [-0.39, 0.29) is 28.8 Å². The normalized spacial score (nSPS) is 52.9. The number of carbonyl (C=O) groups excluding carboxylic acids is 1. The predicted octanol–water partition coefficient (Wildman–Crippen LogP) is 3.66. The molecule has 8 atom stereocenters. The zero-order chi connectivity index (χ0) is 19.0. The number of allylic oxidation sites excluding steroid dienone is 1. The molecular formula is C23H34O4. The summed E-state index contributed by atoms with van der Waals surface area (Å²) in [4.78, 5) is 13.1. The molecule has 5 aliphatic rings. The maximum Gasteiger partial charge on any atom is 0.170 e. The molecule has 0 aromatic rings. The van der Waals surface area contributed by atoms with Crippen LogP contribution in [0.2, 0.25) is 0 Å². The minimum absolute atomic E-state index is 0.0143. The van der Waals surface area contributed by atoms with Crippen LogP contribution in [0.3, 0.4) is 0 Å². The van der Waals surface area contributed by atoms with Gasteiger partial charge in [-0.15, -0.1) is 0 Å². The number of rotatable bonds is 4. The number of hydrogen-bond acceptors (Lipinski definition) is 4. The molecule has 1 heterocycles. The minimum Gasteiger partial charge on any atom is -0.393 e. The van der Waals surface area contributed by atoms with Gasteiger partial charge in [0.1, 0.15) is 0 Å². The molecule has 5 rings (SSSR count). The number of aliphatic hydroxyl groups is 1. The second-order valence-corrected chi connectivity index (χ2v) is 10.4. The average molecular weight is 375 g/mol. The molecule has 150 valence electrons. The number of fused-ring (bicyclic) bond motifs is 7. The van der Waals surface area contributed by atoms with Crippen molar-refractivity contribution in [1.82, 2.24) is 0 Å². The summed E-state index contributed by atoms with van der Waals surface area (Å²) in [5.41, 5.74) is 1.23. The van der Waals surface area contributed by atoms with E-state index in [9.17, 15) is 9.90 Å². The molecular weight excluding hydrogens is 340 g/mol. The van der Waals surface area contributed by atoms with E-state index >= 15 is 0 Å². The molecule has 0 spiro atoms. The van der Waals surface area contributed by atoms with Crippen LogP contribution in [0.1, 0.15) is 65.2 Å². The fourth-order valence-electron chi connectivity index (χ4n) is 7.94. The standard InChI is InChI=1S/C23H34O4/c1-21-9-6-15(24)12-14(21)4-5-16-17(21)7-10-22(2)18(16)13-20-23(22,27-20)19(25)8-11-26-3/h4,15-18,20,24H,5-13H2,1-3H3/t15?,16?,17?,18?,20-,21?,22?,23-/m1/s1. The third-order valence-corrected chi connectivity index (χ3v) is 9.46. The number of ketones is 1. The SMILES string of the molecule is COCCC(=O)[C@@]12O[C@@H]1CC1C3CC=C4CC(O)CCC4(C)C3CCC12C. The van der Waals surface area contributed by atoms with Crippen molar-refractivity contribution in [2.45, 2.75) is 83.0 Å². The van der Waals surface area contributed by atoms with Crippen molar-refractivity contribution in [3.8, 4) is 0 Å². The lowest BCUT2D eigenvalue weighted by Gasteiger charge is -2.58. The van der Waals surface area contributed by atoms with Gasteiger partial charge in [-0.25, -0.2) is 0 Å². The van der Waals surface area contributed by atoms with E-state index in [0.717, 1.165) is 38.5 Å². The molecule has 0 aromatic carbocycles. The van der Waals surface area contributed by atoms with Gasteiger partial charge in [0.05, 0.1) is 18.8 Å². The first-order chi connectivity index (χ1) is 12.9. The predicted molar refractivity (Wildman–Crippen MR) is 102 cm³/mol. The molecule has 4 nitrogen and oxygen atoms in total. The van der Waals surface area contributed by atoms with Gasteiger partial charge in [0, 0.05) is 18.9 Å². The van der Waals surface area contributed by atoms with E-state index in [1.807, 2.05) is 0 Å². The smallest absolute Gasteiger partial charge is 0.170 e. The van der Waals surface area contributed by atoms with Crippen LogP contribution in [0, 0.1) is 28.6 Å². The van der Waals surface area contributed by atoms with Gasteiger partial charge in [-0.05, 0) is 68.1 Å². The van der Waals surface area contributed by atoms with E-state index in [4.69, 9.17) is 9.47 Å². The van der Waals surface area contributed by atoms with Crippen LogP contribution in [0.15, 0.2) is 11.6 Å². The molecule has 3 saturated carbocycles. The maximum atomic E-state index is 13.1. The Morgan fingerprint density at radius 2 is 2.11 bits per heavy atom. The molecule has 0 bridgehead atoms. The molecule has 27 heavy (non-hydrogen) atoms. The Bertz CT molecular complexity index is 686. The second kappa shape index (κ2) is 5.90. The Kier molecular flexibility index (Phi) is 4.00. The highest BCUT2D eigenvalue weighted by Crippen LogP contribution is 2.73. The fraction of sp³-hybridized carbons (Fsp3) is 0.870. The summed E-state index contributed by atoms with van der Waals surface area (Å²) in [5.74, 6) is 2.22. The molecule has 1 aliphatic heterocycles. The lowest BCUT2D eigenvalue weighted by molar-refractivity contribution is -0.138. The Morgan fingerprint density at radius 3 is 2.89 bits per heavy atom. The van der Waals surface area contributed by atoms with Crippen LogP contribution in [0.4, 0.5) is 0 Å². The number of aliphatic hydroxyl groups excluding tert-OH is 1. The van der Waals surface area contributed by atoms with Crippen molar-refractivity contribution < 1.29 is 19.4 Å². The van der Waals surface area contributed by atoms with E-state index < -0.39 is 5.60 Å². The van der Waals surface area contributed by atoms with Crippen molar-refractivity contribution in [3.63, 3.8) is 0 Å². The van der Waals surface area contributed by atoms with Gasteiger partial charge in [-0.3, -0.25) is 4.79 Å². The summed E-state index contributed by atoms with van der Waals surface area (Å²) >= 11 is 0. The molecule has 0 amide bonds. The lowest BCUT2D eigenvalue weighted by Crippen LogP contribution is -2.54. The Labute approximate surface area is 162 Å². The van der Waals surface area contributed by atoms with Crippen LogP contribution < -0.4 is 0 Å². The van der Waals surface area contributed by atoms with E-state index in [1.54, 1.807) is 7.11 Å². The van der Waals surface area contributed by atoms with Gasteiger partial charge in [0.2, 0.25) is 0 Å². The van der Waals surface area contributed by atoms with Gasteiger partial charge in [0.15, 0.2) is 11.4 Å². The molecule has 4 aliphatic carbocycles. The summed E-state index contributed by atoms with van der Waals surface area (Å²) in [6.45, 7) is 5.30. The molecule has 4 heteroatoms. The Morgan fingerprint density at radius 1 is 1.30 bits per heavy atom. The summed E-state index contributed by atoms with van der Waals surface area (Å²) in [6, 6.07) is 0. The van der Waals surface area contributed by atoms with Crippen molar-refractivity contribution in [2.24, 2.45) is 28.6 Å². The van der Waals surface area contributed by atoms with E-state index in [2.05, 4.69) is 19.9 Å². The molecule has 1 saturated heterocycles. The molecule has 1 N–H and O–H groups in total. The first kappa shape index (κ1) is 18.3. The van der Waals surface area contributed by atoms with E-state index in [0.29, 0.717) is 30.8 Å². The third kappa shape index (κ3) is 2.24. The first-order valence-electron chi connectivity index (χ1n) is 10.9. The monoisotopic (exact) mass is 374 g/mol.